The van der Waals surface area contributed by atoms with Gasteiger partial charge in [-0.2, -0.15) is 0 Å². The normalized spacial score (nSPS) is 15.6. The molecule has 26 heavy (non-hydrogen) atoms. The number of methoxy groups -OCH3 is 1. The number of likely N-dealkylation sites (tertiary alicyclic amines) is 1. The summed E-state index contributed by atoms with van der Waals surface area (Å²) < 4.78 is 5.61. The maximum Gasteiger partial charge on any atom is 0.412 e. The largest absolute Gasteiger partial charge is 0.496 e. The Labute approximate surface area is 154 Å². The lowest BCUT2D eigenvalue weighted by atomic mass is 9.88. The monoisotopic (exact) mass is 354 g/mol. The Morgan fingerprint density at radius 2 is 1.88 bits per heavy atom. The molecule has 1 heterocycles. The van der Waals surface area contributed by atoms with E-state index in [-0.39, 0.29) is 0 Å². The van der Waals surface area contributed by atoms with E-state index in [2.05, 4.69) is 11.9 Å². The molecule has 0 aliphatic carbocycles. The molecule has 2 aromatic carbocycles. The van der Waals surface area contributed by atoms with Gasteiger partial charge in [0.05, 0.1) is 19.3 Å². The summed E-state index contributed by atoms with van der Waals surface area (Å²) in [4.78, 5) is 15.5. The number of amides is 1. The number of nitrogens with zero attached hydrogens (tertiary/aromatic N) is 2. The van der Waals surface area contributed by atoms with E-state index in [4.69, 9.17) is 4.74 Å². The number of hydrogen-bond donors (Lipinski definition) is 1. The molecule has 1 aliphatic rings. The molecule has 1 saturated heterocycles. The second-order valence-electron chi connectivity index (χ2n) is 6.86. The molecule has 0 radical (unpaired) electrons. The predicted octanol–water partition coefficient (Wildman–Crippen LogP) is 4.19. The fourth-order valence-corrected chi connectivity index (χ4v) is 3.56. The van der Waals surface area contributed by atoms with Crippen LogP contribution >= 0.6 is 0 Å². The van der Waals surface area contributed by atoms with Gasteiger partial charge in [0.2, 0.25) is 0 Å². The van der Waals surface area contributed by atoms with Crippen molar-refractivity contribution in [3.8, 4) is 5.75 Å². The third-order valence-corrected chi connectivity index (χ3v) is 5.10. The predicted molar refractivity (Wildman–Crippen MR) is 103 cm³/mol. The molecule has 138 valence electrons. The van der Waals surface area contributed by atoms with Crippen molar-refractivity contribution in [1.29, 1.82) is 0 Å². The third-order valence-electron chi connectivity index (χ3n) is 5.10. The van der Waals surface area contributed by atoms with E-state index in [1.165, 1.54) is 10.5 Å². The second-order valence-corrected chi connectivity index (χ2v) is 6.86. The fraction of sp³-hybridized carbons (Fsp3) is 0.381. The highest BCUT2D eigenvalue weighted by Crippen LogP contribution is 2.36. The van der Waals surface area contributed by atoms with Crippen LogP contribution in [0.5, 0.6) is 5.75 Å². The van der Waals surface area contributed by atoms with Gasteiger partial charge < -0.3 is 14.7 Å². The SMILES string of the molecule is COc1cc(N(Cc2ccccc2)C(=O)O)ccc1C1CCN(C)CC1. The van der Waals surface area contributed by atoms with Crippen molar-refractivity contribution < 1.29 is 14.6 Å². The Morgan fingerprint density at radius 1 is 1.19 bits per heavy atom. The van der Waals surface area contributed by atoms with Crippen LogP contribution in [0.25, 0.3) is 0 Å². The van der Waals surface area contributed by atoms with Crippen LogP contribution in [0.3, 0.4) is 0 Å². The van der Waals surface area contributed by atoms with Crippen LogP contribution in [0.4, 0.5) is 10.5 Å². The molecule has 5 heteroatoms. The smallest absolute Gasteiger partial charge is 0.412 e. The molecule has 1 fully saturated rings. The number of benzene rings is 2. The van der Waals surface area contributed by atoms with Crippen LogP contribution in [-0.4, -0.2) is 43.3 Å². The molecular formula is C21H26N2O3. The number of piperidine rings is 1. The topological polar surface area (TPSA) is 53.0 Å². The summed E-state index contributed by atoms with van der Waals surface area (Å²) in [6, 6.07) is 15.4. The number of hydrogen-bond acceptors (Lipinski definition) is 3. The molecule has 1 N–H and O–H groups in total. The van der Waals surface area contributed by atoms with E-state index in [0.717, 1.165) is 37.2 Å². The van der Waals surface area contributed by atoms with Crippen molar-refractivity contribution in [1.82, 2.24) is 4.90 Å². The Morgan fingerprint density at radius 3 is 2.50 bits per heavy atom. The summed E-state index contributed by atoms with van der Waals surface area (Å²) in [5.74, 6) is 1.24. The van der Waals surface area contributed by atoms with Gasteiger partial charge in [-0.15, -0.1) is 0 Å². The maximum absolute atomic E-state index is 11.8. The highest BCUT2D eigenvalue weighted by molar-refractivity contribution is 5.86. The summed E-state index contributed by atoms with van der Waals surface area (Å²) in [6.45, 7) is 2.46. The summed E-state index contributed by atoms with van der Waals surface area (Å²) in [5.41, 5.74) is 2.76. The van der Waals surface area contributed by atoms with Gasteiger partial charge in [-0.1, -0.05) is 36.4 Å². The van der Waals surface area contributed by atoms with E-state index in [1.54, 1.807) is 7.11 Å². The Bertz CT molecular complexity index is 740. The molecule has 0 aromatic heterocycles. The van der Waals surface area contributed by atoms with E-state index in [0.29, 0.717) is 18.2 Å². The van der Waals surface area contributed by atoms with Gasteiger partial charge in [0.15, 0.2) is 0 Å². The van der Waals surface area contributed by atoms with Gasteiger partial charge >= 0.3 is 6.09 Å². The minimum Gasteiger partial charge on any atom is -0.496 e. The molecule has 0 atom stereocenters. The zero-order valence-corrected chi connectivity index (χ0v) is 15.4. The van der Waals surface area contributed by atoms with Crippen LogP contribution in [0.1, 0.15) is 29.9 Å². The van der Waals surface area contributed by atoms with E-state index < -0.39 is 6.09 Å². The number of ether oxygens (including phenoxy) is 1. The second kappa shape index (κ2) is 8.23. The van der Waals surface area contributed by atoms with E-state index >= 15 is 0 Å². The zero-order valence-electron chi connectivity index (χ0n) is 15.4. The van der Waals surface area contributed by atoms with Gasteiger partial charge in [-0.3, -0.25) is 4.90 Å². The van der Waals surface area contributed by atoms with Crippen molar-refractivity contribution in [3.63, 3.8) is 0 Å². The van der Waals surface area contributed by atoms with E-state index in [9.17, 15) is 9.90 Å². The molecule has 0 unspecified atom stereocenters. The molecule has 0 saturated carbocycles. The third kappa shape index (κ3) is 4.17. The minimum absolute atomic E-state index is 0.312. The summed E-state index contributed by atoms with van der Waals surface area (Å²) in [6.07, 6.45) is 1.22. The van der Waals surface area contributed by atoms with Crippen molar-refractivity contribution in [2.75, 3.05) is 32.1 Å². The van der Waals surface area contributed by atoms with Crippen molar-refractivity contribution in [2.45, 2.75) is 25.3 Å². The van der Waals surface area contributed by atoms with Crippen molar-refractivity contribution in [2.24, 2.45) is 0 Å². The van der Waals surface area contributed by atoms with Gasteiger partial charge in [-0.25, -0.2) is 4.79 Å². The minimum atomic E-state index is -0.969. The summed E-state index contributed by atoms with van der Waals surface area (Å²) in [5, 5.41) is 9.68. The van der Waals surface area contributed by atoms with Crippen LogP contribution in [0.2, 0.25) is 0 Å². The number of carboxylic acid groups (broad SMARTS) is 1. The van der Waals surface area contributed by atoms with Gasteiger partial charge in [0, 0.05) is 6.07 Å². The molecule has 1 aliphatic heterocycles. The Kier molecular flexibility index (Phi) is 5.78. The summed E-state index contributed by atoms with van der Waals surface area (Å²) >= 11 is 0. The number of anilines is 1. The highest BCUT2D eigenvalue weighted by atomic mass is 16.5. The molecule has 2 aromatic rings. The average molecular weight is 354 g/mol. The first-order valence-corrected chi connectivity index (χ1v) is 8.99. The zero-order chi connectivity index (χ0) is 18.5. The lowest BCUT2D eigenvalue weighted by molar-refractivity contribution is 0.201. The van der Waals surface area contributed by atoms with Gasteiger partial charge in [0.1, 0.15) is 5.75 Å². The molecule has 5 nitrogen and oxygen atoms in total. The van der Waals surface area contributed by atoms with Gasteiger partial charge in [-0.05, 0) is 56.1 Å². The Balaban J connectivity index is 1.85. The quantitative estimate of drug-likeness (QED) is 0.875. The molecule has 0 spiro atoms. The Hall–Kier alpha value is -2.53. The molecule has 3 rings (SSSR count). The first-order valence-electron chi connectivity index (χ1n) is 8.99. The van der Waals surface area contributed by atoms with Crippen molar-refractivity contribution >= 4 is 11.8 Å². The summed E-state index contributed by atoms with van der Waals surface area (Å²) in [7, 11) is 3.80. The van der Waals surface area contributed by atoms with Crippen LogP contribution in [-0.2, 0) is 6.54 Å². The lowest BCUT2D eigenvalue weighted by Crippen LogP contribution is -2.30. The van der Waals surface area contributed by atoms with Crippen molar-refractivity contribution in [3.05, 3.63) is 59.7 Å². The standard InChI is InChI=1S/C21H26N2O3/c1-22-12-10-17(11-13-22)19-9-8-18(14-20(19)26-2)23(21(24)25)15-16-6-4-3-5-7-16/h3-9,14,17H,10-13,15H2,1-2H3,(H,24,25). The first-order chi connectivity index (χ1) is 12.6. The first kappa shape index (κ1) is 18.3. The molecule has 0 bridgehead atoms. The number of carbonyl (C=O) groups is 1. The fourth-order valence-electron chi connectivity index (χ4n) is 3.56. The maximum atomic E-state index is 11.8. The molecule has 1 amide bonds. The van der Waals surface area contributed by atoms with Gasteiger partial charge in [0.25, 0.3) is 0 Å². The average Bonchev–Trinajstić information content (AvgIpc) is 2.67. The van der Waals surface area contributed by atoms with Crippen LogP contribution in [0.15, 0.2) is 48.5 Å². The number of rotatable bonds is 5. The highest BCUT2D eigenvalue weighted by Gasteiger charge is 2.23. The van der Waals surface area contributed by atoms with Crippen LogP contribution in [0, 0.1) is 0 Å². The van der Waals surface area contributed by atoms with E-state index in [1.807, 2.05) is 48.5 Å². The van der Waals surface area contributed by atoms with Crippen LogP contribution < -0.4 is 9.64 Å². The lowest BCUT2D eigenvalue weighted by Gasteiger charge is -2.30. The molecular weight excluding hydrogens is 328 g/mol.